The number of thiophene rings is 1. The Morgan fingerprint density at radius 3 is 2.50 bits per heavy atom. The van der Waals surface area contributed by atoms with Crippen LogP contribution < -0.4 is 8.92 Å². The van der Waals surface area contributed by atoms with Crippen molar-refractivity contribution in [2.45, 2.75) is 45.4 Å². The summed E-state index contributed by atoms with van der Waals surface area (Å²) in [4.78, 5) is 0.807. The molecule has 9 heteroatoms. The van der Waals surface area contributed by atoms with Gasteiger partial charge in [0.05, 0.1) is 18.8 Å². The van der Waals surface area contributed by atoms with Gasteiger partial charge in [-0.15, -0.1) is 11.3 Å². The van der Waals surface area contributed by atoms with Gasteiger partial charge >= 0.3 is 10.1 Å². The minimum atomic E-state index is -4.15. The van der Waals surface area contributed by atoms with E-state index in [1.165, 1.54) is 0 Å². The summed E-state index contributed by atoms with van der Waals surface area (Å²) in [6.07, 6.45) is 0. The molecule has 0 unspecified atom stereocenters. The van der Waals surface area contributed by atoms with Gasteiger partial charge in [0, 0.05) is 16.0 Å². The number of hydrogen-bond donors (Lipinski definition) is 1. The Labute approximate surface area is 180 Å². The Bertz CT molecular complexity index is 1140. The third-order valence-corrected chi connectivity index (χ3v) is 7.20. The smallest absolute Gasteiger partial charge is 0.351 e. The largest absolute Gasteiger partial charge is 0.493 e. The number of rotatable bonds is 8. The predicted molar refractivity (Wildman–Crippen MR) is 115 cm³/mol. The molecule has 0 bridgehead atoms. The lowest BCUT2D eigenvalue weighted by Crippen LogP contribution is -2.11. The van der Waals surface area contributed by atoms with Crippen molar-refractivity contribution in [3.05, 3.63) is 46.0 Å². The lowest BCUT2D eigenvalue weighted by Gasteiger charge is -2.15. The molecule has 0 aliphatic heterocycles. The van der Waals surface area contributed by atoms with E-state index < -0.39 is 10.1 Å². The van der Waals surface area contributed by atoms with Crippen LogP contribution in [0.25, 0.3) is 11.1 Å². The molecule has 0 atom stereocenters. The van der Waals surface area contributed by atoms with Crippen LogP contribution in [0, 0.1) is 26.7 Å². The van der Waals surface area contributed by atoms with Crippen molar-refractivity contribution in [1.82, 2.24) is 5.16 Å². The summed E-state index contributed by atoms with van der Waals surface area (Å²) in [5.74, 6) is 1.21. The average molecular weight is 452 g/mol. The second kappa shape index (κ2) is 8.79. The van der Waals surface area contributed by atoms with Crippen molar-refractivity contribution in [3.63, 3.8) is 0 Å². The Balaban J connectivity index is 2.08. The normalized spacial score (nSPS) is 11.8. The maximum Gasteiger partial charge on any atom is 0.351 e. The van der Waals surface area contributed by atoms with E-state index in [0.717, 1.165) is 16.2 Å². The van der Waals surface area contributed by atoms with Crippen LogP contribution in [0.2, 0.25) is 0 Å². The van der Waals surface area contributed by atoms with E-state index in [1.54, 1.807) is 38.1 Å². The van der Waals surface area contributed by atoms with E-state index in [-0.39, 0.29) is 22.6 Å². The molecule has 0 fully saturated rings. The summed E-state index contributed by atoms with van der Waals surface area (Å²) in [6.45, 7) is 9.56. The summed E-state index contributed by atoms with van der Waals surface area (Å²) in [5.41, 5.74) is 2.31. The highest BCUT2D eigenvalue weighted by Crippen LogP contribution is 2.41. The molecule has 0 saturated heterocycles. The first-order valence-corrected chi connectivity index (χ1v) is 11.7. The zero-order valence-electron chi connectivity index (χ0n) is 17.6. The van der Waals surface area contributed by atoms with Gasteiger partial charge in [0.2, 0.25) is 0 Å². The van der Waals surface area contributed by atoms with Gasteiger partial charge in [0.15, 0.2) is 4.21 Å². The van der Waals surface area contributed by atoms with E-state index in [2.05, 4.69) is 5.16 Å². The summed E-state index contributed by atoms with van der Waals surface area (Å²) < 4.78 is 42.5. The minimum absolute atomic E-state index is 0.0613. The van der Waals surface area contributed by atoms with E-state index >= 15 is 0 Å². The van der Waals surface area contributed by atoms with Crippen molar-refractivity contribution >= 4 is 21.5 Å². The molecular weight excluding hydrogens is 426 g/mol. The molecule has 0 aliphatic carbocycles. The number of hydrogen-bond acceptors (Lipinski definition) is 8. The van der Waals surface area contributed by atoms with Crippen molar-refractivity contribution in [2.24, 2.45) is 5.92 Å². The quantitative estimate of drug-likeness (QED) is 0.499. The van der Waals surface area contributed by atoms with Crippen molar-refractivity contribution < 1.29 is 27.0 Å². The highest BCUT2D eigenvalue weighted by molar-refractivity contribution is 7.89. The molecule has 0 spiro atoms. The number of aryl methyl sites for hydroxylation is 2. The zero-order valence-corrected chi connectivity index (χ0v) is 19.2. The van der Waals surface area contributed by atoms with Crippen LogP contribution >= 0.6 is 11.3 Å². The summed E-state index contributed by atoms with van der Waals surface area (Å²) in [6, 6.07) is 7.02. The zero-order chi connectivity index (χ0) is 22.1. The van der Waals surface area contributed by atoms with Crippen LogP contribution in [0.1, 0.15) is 35.6 Å². The molecular formula is C21H25NO6S2. The maximum atomic E-state index is 13.1. The number of aliphatic hydroxyl groups is 1. The Hall–Kier alpha value is -2.36. The van der Waals surface area contributed by atoms with Crippen LogP contribution in [-0.4, -0.2) is 25.3 Å². The van der Waals surface area contributed by atoms with Gasteiger partial charge in [-0.2, -0.15) is 8.42 Å². The fraction of sp³-hybridized carbons (Fsp3) is 0.381. The molecule has 1 N–H and O–H groups in total. The van der Waals surface area contributed by atoms with Gasteiger partial charge in [0.1, 0.15) is 11.5 Å². The summed E-state index contributed by atoms with van der Waals surface area (Å²) in [5, 5.41) is 13.2. The van der Waals surface area contributed by atoms with Gasteiger partial charge in [-0.3, -0.25) is 0 Å². The van der Waals surface area contributed by atoms with Crippen LogP contribution in [0.3, 0.4) is 0 Å². The molecule has 0 aliphatic rings. The first-order valence-electron chi connectivity index (χ1n) is 9.47. The Morgan fingerprint density at radius 2 is 1.90 bits per heavy atom. The molecule has 0 amide bonds. The van der Waals surface area contributed by atoms with Crippen LogP contribution in [0.15, 0.2) is 33.0 Å². The van der Waals surface area contributed by atoms with Gasteiger partial charge in [0.25, 0.3) is 5.88 Å². The second-order valence-electron chi connectivity index (χ2n) is 7.46. The van der Waals surface area contributed by atoms with Crippen molar-refractivity contribution in [1.29, 1.82) is 0 Å². The number of ether oxygens (including phenoxy) is 1. The number of nitrogens with zero attached hydrogens (tertiary/aromatic N) is 1. The lowest BCUT2D eigenvalue weighted by atomic mass is 10.0. The SMILES string of the molecule is Cc1cc(-c2ccc(CO)cc2OCC(C)C)c(S(=O)(=O)Oc2noc(C)c2C)s1. The highest BCUT2D eigenvalue weighted by atomic mass is 32.3. The molecule has 0 radical (unpaired) electrons. The van der Waals surface area contributed by atoms with Gasteiger partial charge < -0.3 is 18.5 Å². The average Bonchev–Trinajstić information content (AvgIpc) is 3.23. The van der Waals surface area contributed by atoms with Gasteiger partial charge in [-0.25, -0.2) is 0 Å². The first-order chi connectivity index (χ1) is 14.1. The predicted octanol–water partition coefficient (Wildman–Crippen LogP) is 4.62. The number of aliphatic hydroxyl groups excluding tert-OH is 1. The Morgan fingerprint density at radius 1 is 1.17 bits per heavy atom. The van der Waals surface area contributed by atoms with Crippen LogP contribution in [0.4, 0.5) is 0 Å². The Kier molecular flexibility index (Phi) is 6.54. The van der Waals surface area contributed by atoms with Crippen LogP contribution in [-0.2, 0) is 16.7 Å². The van der Waals surface area contributed by atoms with E-state index in [1.807, 2.05) is 20.8 Å². The summed E-state index contributed by atoms with van der Waals surface area (Å²) in [7, 11) is -4.15. The third-order valence-electron chi connectivity index (χ3n) is 4.44. The molecule has 2 heterocycles. The molecule has 7 nitrogen and oxygen atoms in total. The van der Waals surface area contributed by atoms with Crippen molar-refractivity contribution in [2.75, 3.05) is 6.61 Å². The lowest BCUT2D eigenvalue weighted by molar-refractivity contribution is 0.266. The molecule has 30 heavy (non-hydrogen) atoms. The van der Waals surface area contributed by atoms with Crippen LogP contribution in [0.5, 0.6) is 11.6 Å². The number of benzene rings is 1. The molecule has 0 saturated carbocycles. The molecule has 162 valence electrons. The molecule has 1 aromatic carbocycles. The molecule has 3 rings (SSSR count). The minimum Gasteiger partial charge on any atom is -0.493 e. The fourth-order valence-electron chi connectivity index (χ4n) is 2.75. The van der Waals surface area contributed by atoms with E-state index in [4.69, 9.17) is 13.4 Å². The maximum absolute atomic E-state index is 13.1. The molecule has 3 aromatic rings. The van der Waals surface area contributed by atoms with Crippen molar-refractivity contribution in [3.8, 4) is 22.8 Å². The standard InChI is InChI=1S/C21H25NO6S2/c1-12(2)11-26-19-9-16(10-23)6-7-17(19)18-8-13(3)29-21(18)30(24,25)28-20-14(4)15(5)27-22-20/h6-9,12,23H,10-11H2,1-5H3. The third kappa shape index (κ3) is 4.69. The van der Waals surface area contributed by atoms with E-state index in [9.17, 15) is 13.5 Å². The van der Waals surface area contributed by atoms with E-state index in [0.29, 0.717) is 40.4 Å². The first kappa shape index (κ1) is 22.3. The van der Waals surface area contributed by atoms with Gasteiger partial charge in [-0.05, 0) is 49.5 Å². The number of aromatic nitrogens is 1. The summed E-state index contributed by atoms with van der Waals surface area (Å²) >= 11 is 1.11. The second-order valence-corrected chi connectivity index (χ2v) is 10.5. The topological polar surface area (TPSA) is 98.9 Å². The molecule has 2 aromatic heterocycles. The fourth-order valence-corrected chi connectivity index (χ4v) is 5.28. The van der Waals surface area contributed by atoms with Gasteiger partial charge in [-0.1, -0.05) is 26.0 Å². The highest BCUT2D eigenvalue weighted by Gasteiger charge is 2.28. The monoisotopic (exact) mass is 451 g/mol.